The Morgan fingerprint density at radius 2 is 1.56 bits per heavy atom. The number of piperazine rings is 1. The molecule has 1 fully saturated rings. The fraction of sp³-hybridized carbons (Fsp3) is 0.375. The smallest absolute Gasteiger partial charge is 0.257 e. The highest BCUT2D eigenvalue weighted by Crippen LogP contribution is 2.25. The lowest BCUT2D eigenvalue weighted by atomic mass is 9.87. The van der Waals surface area contributed by atoms with Gasteiger partial charge in [-0.15, -0.1) is 0 Å². The molecule has 3 rings (SSSR count). The van der Waals surface area contributed by atoms with E-state index in [9.17, 15) is 9.59 Å². The van der Waals surface area contributed by atoms with Crippen LogP contribution in [0.3, 0.4) is 0 Å². The molecule has 32 heavy (non-hydrogen) atoms. The highest BCUT2D eigenvalue weighted by Gasteiger charge is 2.21. The summed E-state index contributed by atoms with van der Waals surface area (Å²) < 4.78 is 0. The van der Waals surface area contributed by atoms with E-state index >= 15 is 0 Å². The summed E-state index contributed by atoms with van der Waals surface area (Å²) in [5.41, 5.74) is 2.65. The first-order valence-electron chi connectivity index (χ1n) is 10.5. The molecule has 2 N–H and O–H groups in total. The normalized spacial score (nSPS) is 14.7. The number of halogens is 1. The second-order valence-corrected chi connectivity index (χ2v) is 9.84. The monoisotopic (exact) mass is 472 g/mol. The van der Waals surface area contributed by atoms with Crippen LogP contribution in [0.5, 0.6) is 0 Å². The maximum Gasteiger partial charge on any atom is 0.257 e. The molecule has 1 aliphatic rings. The standard InChI is InChI=1S/C24H29ClN4O2S/c1-24(2,3)18-8-5-16(6-9-18)21(30)27-23(32)26-20-15-17(7-10-19(20)25)22(31)29-13-11-28(4)12-14-29/h5-10,15H,11-14H2,1-4H3,(H2,26,27,30,32). The maximum atomic E-state index is 12.9. The lowest BCUT2D eigenvalue weighted by Crippen LogP contribution is -2.47. The summed E-state index contributed by atoms with van der Waals surface area (Å²) in [5.74, 6) is -0.365. The van der Waals surface area contributed by atoms with Gasteiger partial charge in [-0.1, -0.05) is 44.5 Å². The van der Waals surface area contributed by atoms with Crippen molar-refractivity contribution in [1.82, 2.24) is 15.1 Å². The number of carbonyl (C=O) groups excluding carboxylic acids is 2. The van der Waals surface area contributed by atoms with Crippen LogP contribution in [-0.4, -0.2) is 60.0 Å². The van der Waals surface area contributed by atoms with Crippen LogP contribution >= 0.6 is 23.8 Å². The van der Waals surface area contributed by atoms with Crippen molar-refractivity contribution in [2.75, 3.05) is 38.5 Å². The van der Waals surface area contributed by atoms with Crippen LogP contribution < -0.4 is 10.6 Å². The fourth-order valence-corrected chi connectivity index (χ4v) is 3.76. The van der Waals surface area contributed by atoms with Crippen LogP contribution in [0.15, 0.2) is 42.5 Å². The van der Waals surface area contributed by atoms with E-state index in [1.807, 2.05) is 24.1 Å². The summed E-state index contributed by atoms with van der Waals surface area (Å²) in [6.07, 6.45) is 0. The number of benzene rings is 2. The van der Waals surface area contributed by atoms with E-state index in [1.165, 1.54) is 0 Å². The number of nitrogens with one attached hydrogen (secondary N) is 2. The Bertz CT molecular complexity index is 1010. The van der Waals surface area contributed by atoms with Crippen molar-refractivity contribution >= 4 is 46.4 Å². The summed E-state index contributed by atoms with van der Waals surface area (Å²) in [5, 5.41) is 6.13. The molecule has 0 radical (unpaired) electrons. The third kappa shape index (κ3) is 6.06. The third-order valence-corrected chi connectivity index (χ3v) is 6.03. The lowest BCUT2D eigenvalue weighted by Gasteiger charge is -2.32. The van der Waals surface area contributed by atoms with Gasteiger partial charge in [0.05, 0.1) is 10.7 Å². The Morgan fingerprint density at radius 3 is 2.16 bits per heavy atom. The molecule has 1 aliphatic heterocycles. The van der Waals surface area contributed by atoms with E-state index in [0.29, 0.717) is 34.9 Å². The molecule has 2 aromatic carbocycles. The molecule has 2 amide bonds. The van der Waals surface area contributed by atoms with Gasteiger partial charge in [-0.25, -0.2) is 0 Å². The summed E-state index contributed by atoms with van der Waals surface area (Å²) in [7, 11) is 2.04. The zero-order valence-corrected chi connectivity index (χ0v) is 20.4. The number of likely N-dealkylation sites (N-methyl/N-ethyl adjacent to an activating group) is 1. The quantitative estimate of drug-likeness (QED) is 0.657. The molecule has 0 unspecified atom stereocenters. The molecular formula is C24H29ClN4O2S. The fourth-order valence-electron chi connectivity index (χ4n) is 3.40. The number of nitrogens with zero attached hydrogens (tertiary/aromatic N) is 2. The molecule has 0 bridgehead atoms. The van der Waals surface area contributed by atoms with E-state index in [1.54, 1.807) is 30.3 Å². The summed E-state index contributed by atoms with van der Waals surface area (Å²) in [4.78, 5) is 29.4. The number of rotatable bonds is 3. The van der Waals surface area contributed by atoms with Crippen LogP contribution in [0.25, 0.3) is 0 Å². The maximum absolute atomic E-state index is 12.9. The highest BCUT2D eigenvalue weighted by molar-refractivity contribution is 7.80. The first kappa shape index (κ1) is 24.2. The van der Waals surface area contributed by atoms with Crippen LogP contribution in [-0.2, 0) is 5.41 Å². The van der Waals surface area contributed by atoms with Gasteiger partial charge in [0.25, 0.3) is 11.8 Å². The van der Waals surface area contributed by atoms with Crippen LogP contribution in [0.1, 0.15) is 47.1 Å². The molecule has 1 saturated heterocycles. The number of hydrogen-bond donors (Lipinski definition) is 2. The average molecular weight is 473 g/mol. The van der Waals surface area contributed by atoms with Gasteiger partial charge in [-0.2, -0.15) is 0 Å². The van der Waals surface area contributed by atoms with E-state index in [2.05, 4.69) is 36.3 Å². The summed E-state index contributed by atoms with van der Waals surface area (Å²) in [6.45, 7) is 9.41. The zero-order chi connectivity index (χ0) is 23.5. The molecule has 0 aliphatic carbocycles. The average Bonchev–Trinajstić information content (AvgIpc) is 2.74. The molecule has 1 heterocycles. The van der Waals surface area contributed by atoms with Crippen LogP contribution in [0.2, 0.25) is 5.02 Å². The van der Waals surface area contributed by atoms with Crippen molar-refractivity contribution in [2.45, 2.75) is 26.2 Å². The van der Waals surface area contributed by atoms with Crippen molar-refractivity contribution in [3.8, 4) is 0 Å². The minimum atomic E-state index is -0.316. The first-order chi connectivity index (χ1) is 15.0. The Labute approximate surface area is 199 Å². The summed E-state index contributed by atoms with van der Waals surface area (Å²) in [6, 6.07) is 12.5. The van der Waals surface area contributed by atoms with Crippen molar-refractivity contribution in [1.29, 1.82) is 0 Å². The number of amides is 2. The number of thiocarbonyl (C=S) groups is 1. The second-order valence-electron chi connectivity index (χ2n) is 9.03. The van der Waals surface area contributed by atoms with Gasteiger partial charge in [-0.05, 0) is 60.6 Å². The van der Waals surface area contributed by atoms with Gasteiger partial charge in [0, 0.05) is 37.3 Å². The molecular weight excluding hydrogens is 444 g/mol. The minimum absolute atomic E-state index is 0.00911. The Kier molecular flexibility index (Phi) is 7.54. The van der Waals surface area contributed by atoms with E-state index < -0.39 is 0 Å². The largest absolute Gasteiger partial charge is 0.336 e. The minimum Gasteiger partial charge on any atom is -0.336 e. The first-order valence-corrected chi connectivity index (χ1v) is 11.3. The zero-order valence-electron chi connectivity index (χ0n) is 18.9. The van der Waals surface area contributed by atoms with Gasteiger partial charge in [0.2, 0.25) is 0 Å². The Hall–Kier alpha value is -2.48. The molecule has 2 aromatic rings. The summed E-state index contributed by atoms with van der Waals surface area (Å²) >= 11 is 11.6. The molecule has 8 heteroatoms. The highest BCUT2D eigenvalue weighted by atomic mass is 35.5. The van der Waals surface area contributed by atoms with Gasteiger partial charge in [0.15, 0.2) is 5.11 Å². The van der Waals surface area contributed by atoms with Gasteiger partial charge >= 0.3 is 0 Å². The van der Waals surface area contributed by atoms with E-state index in [4.69, 9.17) is 23.8 Å². The topological polar surface area (TPSA) is 64.7 Å². The second kappa shape index (κ2) is 9.98. The van der Waals surface area contributed by atoms with Gasteiger partial charge in [-0.3, -0.25) is 14.9 Å². The van der Waals surface area contributed by atoms with Crippen LogP contribution in [0, 0.1) is 0 Å². The number of carbonyl (C=O) groups is 2. The number of hydrogen-bond acceptors (Lipinski definition) is 4. The third-order valence-electron chi connectivity index (χ3n) is 5.49. The van der Waals surface area contributed by atoms with Gasteiger partial charge < -0.3 is 15.1 Å². The van der Waals surface area contributed by atoms with Crippen molar-refractivity contribution in [3.05, 3.63) is 64.2 Å². The molecule has 0 saturated carbocycles. The molecule has 6 nitrogen and oxygen atoms in total. The molecule has 170 valence electrons. The van der Waals surface area contributed by atoms with Crippen LogP contribution in [0.4, 0.5) is 5.69 Å². The predicted molar refractivity (Wildman–Crippen MR) is 134 cm³/mol. The van der Waals surface area contributed by atoms with Gasteiger partial charge in [0.1, 0.15) is 0 Å². The van der Waals surface area contributed by atoms with E-state index in [0.717, 1.165) is 18.7 Å². The Balaban J connectivity index is 1.65. The Morgan fingerprint density at radius 1 is 0.969 bits per heavy atom. The lowest BCUT2D eigenvalue weighted by molar-refractivity contribution is 0.0664. The predicted octanol–water partition coefficient (Wildman–Crippen LogP) is 4.15. The van der Waals surface area contributed by atoms with Crippen molar-refractivity contribution in [2.24, 2.45) is 0 Å². The van der Waals surface area contributed by atoms with E-state index in [-0.39, 0.29) is 22.3 Å². The SMILES string of the molecule is CN1CCN(C(=O)c2ccc(Cl)c(NC(=S)NC(=O)c3ccc(C(C)(C)C)cc3)c2)CC1. The number of anilines is 1. The molecule has 0 atom stereocenters. The molecule has 0 aromatic heterocycles. The van der Waals surface area contributed by atoms with Crippen molar-refractivity contribution in [3.63, 3.8) is 0 Å². The van der Waals surface area contributed by atoms with Crippen molar-refractivity contribution < 1.29 is 9.59 Å². The molecule has 0 spiro atoms.